The van der Waals surface area contributed by atoms with E-state index >= 15 is 0 Å². The molecule has 0 saturated heterocycles. The fraction of sp³-hybridized carbons (Fsp3) is 0.562. The molecule has 0 N–H and O–H groups in total. The highest BCUT2D eigenvalue weighted by Gasteiger charge is 2.19. The lowest BCUT2D eigenvalue weighted by Crippen LogP contribution is -2.27. The third-order valence-corrected chi connectivity index (χ3v) is 4.34. The molecule has 0 spiro atoms. The van der Waals surface area contributed by atoms with Crippen LogP contribution >= 0.6 is 0 Å². The highest BCUT2D eigenvalue weighted by molar-refractivity contribution is 5.75. The lowest BCUT2D eigenvalue weighted by atomic mass is 10.2. The average molecular weight is 348 g/mol. The maximum atomic E-state index is 12.4. The van der Waals surface area contributed by atoms with Crippen molar-refractivity contribution in [1.82, 2.24) is 24.5 Å². The third-order valence-electron chi connectivity index (χ3n) is 4.34. The van der Waals surface area contributed by atoms with Gasteiger partial charge in [-0.25, -0.2) is 0 Å². The minimum atomic E-state index is -0.533. The van der Waals surface area contributed by atoms with Gasteiger partial charge in [0.15, 0.2) is 0 Å². The third kappa shape index (κ3) is 4.04. The molecule has 0 atom stereocenters. The summed E-state index contributed by atoms with van der Waals surface area (Å²) < 4.78 is 3.42. The Morgan fingerprint density at radius 1 is 1.28 bits per heavy atom. The summed E-state index contributed by atoms with van der Waals surface area (Å²) in [5.74, 6) is -0.239. The van der Waals surface area contributed by atoms with Crippen molar-refractivity contribution < 1.29 is 9.72 Å². The van der Waals surface area contributed by atoms with Crippen LogP contribution in [0.2, 0.25) is 0 Å². The number of nitrogens with zero attached hydrogens (tertiary/aromatic N) is 6. The Balaban J connectivity index is 1.99. The predicted molar refractivity (Wildman–Crippen MR) is 92.1 cm³/mol. The van der Waals surface area contributed by atoms with Crippen molar-refractivity contribution in [3.8, 4) is 0 Å². The van der Waals surface area contributed by atoms with Crippen LogP contribution in [0.5, 0.6) is 0 Å². The lowest BCUT2D eigenvalue weighted by Gasteiger charge is -2.17. The summed E-state index contributed by atoms with van der Waals surface area (Å²) in [5.41, 5.74) is 3.72. The first kappa shape index (κ1) is 18.6. The van der Waals surface area contributed by atoms with E-state index in [-0.39, 0.29) is 18.1 Å². The summed E-state index contributed by atoms with van der Waals surface area (Å²) >= 11 is 0. The van der Waals surface area contributed by atoms with Crippen molar-refractivity contribution in [3.63, 3.8) is 0 Å². The highest BCUT2D eigenvalue weighted by atomic mass is 16.6. The van der Waals surface area contributed by atoms with Crippen LogP contribution in [-0.4, -0.2) is 42.3 Å². The van der Waals surface area contributed by atoms with E-state index in [1.165, 1.54) is 10.7 Å². The van der Waals surface area contributed by atoms with Crippen LogP contribution in [0.25, 0.3) is 0 Å². The van der Waals surface area contributed by atoms with Gasteiger partial charge in [-0.2, -0.15) is 9.78 Å². The zero-order valence-corrected chi connectivity index (χ0v) is 15.3. The molecule has 2 aromatic rings. The normalized spacial score (nSPS) is 10.9. The minimum absolute atomic E-state index is 0.0411. The largest absolute Gasteiger partial charge is 0.390 e. The summed E-state index contributed by atoms with van der Waals surface area (Å²) in [6, 6.07) is 1.40. The van der Waals surface area contributed by atoms with Crippen molar-refractivity contribution in [3.05, 3.63) is 38.8 Å². The molecule has 2 heterocycles. The summed E-state index contributed by atoms with van der Waals surface area (Å²) in [4.78, 5) is 24.3. The van der Waals surface area contributed by atoms with Gasteiger partial charge in [0.05, 0.1) is 29.1 Å². The van der Waals surface area contributed by atoms with E-state index in [4.69, 9.17) is 0 Å². The molecular weight excluding hydrogens is 324 g/mol. The van der Waals surface area contributed by atoms with Crippen molar-refractivity contribution in [1.29, 1.82) is 0 Å². The molecule has 0 radical (unpaired) electrons. The molecule has 2 rings (SSSR count). The van der Waals surface area contributed by atoms with Gasteiger partial charge in [-0.1, -0.05) is 0 Å². The van der Waals surface area contributed by atoms with E-state index < -0.39 is 4.92 Å². The molecule has 136 valence electrons. The summed E-state index contributed by atoms with van der Waals surface area (Å²) in [6.45, 7) is 9.32. The molecule has 0 saturated carbocycles. The van der Waals surface area contributed by atoms with Crippen LogP contribution < -0.4 is 0 Å². The van der Waals surface area contributed by atoms with Crippen molar-refractivity contribution >= 4 is 11.7 Å². The van der Waals surface area contributed by atoms with Crippen molar-refractivity contribution in [2.45, 2.75) is 53.8 Å². The van der Waals surface area contributed by atoms with E-state index in [1.807, 2.05) is 25.5 Å². The van der Waals surface area contributed by atoms with Crippen LogP contribution in [-0.2, 0) is 24.4 Å². The molecule has 0 aliphatic carbocycles. The van der Waals surface area contributed by atoms with Gasteiger partial charge in [-0.3, -0.25) is 9.48 Å². The fourth-order valence-corrected chi connectivity index (χ4v) is 2.80. The topological polar surface area (TPSA) is 99.1 Å². The van der Waals surface area contributed by atoms with Gasteiger partial charge in [-0.05, 0) is 32.6 Å². The van der Waals surface area contributed by atoms with Gasteiger partial charge in [0.25, 0.3) is 0 Å². The van der Waals surface area contributed by atoms with Crippen molar-refractivity contribution in [2.75, 3.05) is 7.05 Å². The first-order valence-corrected chi connectivity index (χ1v) is 8.20. The standard InChI is InChI=1S/C16H24N6O3/c1-6-20-13(4)14(12(3)17-20)10-19(5)16(23)7-8-21-11(2)9-15(18-21)22(24)25/h9H,6-8,10H2,1-5H3. The predicted octanol–water partition coefficient (Wildman–Crippen LogP) is 1.98. The average Bonchev–Trinajstić information content (AvgIpc) is 3.06. The van der Waals surface area contributed by atoms with Crippen molar-refractivity contribution in [2.24, 2.45) is 0 Å². The number of carbonyl (C=O) groups excluding carboxylic acids is 1. The molecular formula is C16H24N6O3. The summed E-state index contributed by atoms with van der Waals surface area (Å²) in [6.07, 6.45) is 0.232. The summed E-state index contributed by atoms with van der Waals surface area (Å²) in [5, 5.41) is 19.1. The van der Waals surface area contributed by atoms with Crippen LogP contribution in [0, 0.1) is 30.9 Å². The van der Waals surface area contributed by atoms with Gasteiger partial charge in [0.2, 0.25) is 5.91 Å². The Morgan fingerprint density at radius 3 is 2.48 bits per heavy atom. The number of aryl methyl sites for hydroxylation is 4. The molecule has 0 fully saturated rings. The number of amides is 1. The van der Waals surface area contributed by atoms with Gasteiger partial charge in [0.1, 0.15) is 0 Å². The highest BCUT2D eigenvalue weighted by Crippen LogP contribution is 2.16. The zero-order valence-electron chi connectivity index (χ0n) is 15.3. The number of hydrogen-bond acceptors (Lipinski definition) is 5. The molecule has 0 aromatic carbocycles. The first-order chi connectivity index (χ1) is 11.7. The molecule has 0 bridgehead atoms. The van der Waals surface area contributed by atoms with Crippen LogP contribution in [0.1, 0.15) is 36.0 Å². The smallest absolute Gasteiger partial charge is 0.358 e. The Morgan fingerprint density at radius 2 is 1.96 bits per heavy atom. The summed E-state index contributed by atoms with van der Waals surface area (Å²) in [7, 11) is 1.75. The van der Waals surface area contributed by atoms with Gasteiger partial charge < -0.3 is 15.0 Å². The van der Waals surface area contributed by atoms with Crippen LogP contribution in [0.3, 0.4) is 0 Å². The molecule has 9 nitrogen and oxygen atoms in total. The minimum Gasteiger partial charge on any atom is -0.358 e. The van der Waals surface area contributed by atoms with Gasteiger partial charge >= 0.3 is 5.82 Å². The molecule has 25 heavy (non-hydrogen) atoms. The van der Waals surface area contributed by atoms with E-state index in [0.29, 0.717) is 18.8 Å². The fourth-order valence-electron chi connectivity index (χ4n) is 2.80. The Kier molecular flexibility index (Phi) is 5.55. The van der Waals surface area contributed by atoms with E-state index in [9.17, 15) is 14.9 Å². The maximum Gasteiger partial charge on any atom is 0.390 e. The second-order valence-corrected chi connectivity index (χ2v) is 6.09. The number of rotatable bonds is 7. The molecule has 0 unspecified atom stereocenters. The molecule has 1 amide bonds. The second kappa shape index (κ2) is 7.45. The molecule has 0 aliphatic heterocycles. The number of nitro groups is 1. The SMILES string of the molecule is CCn1nc(C)c(CN(C)C(=O)CCn2nc([N+](=O)[O-])cc2C)c1C. The first-order valence-electron chi connectivity index (χ1n) is 8.20. The monoisotopic (exact) mass is 348 g/mol. The quantitative estimate of drug-likeness (QED) is 0.563. The second-order valence-electron chi connectivity index (χ2n) is 6.09. The number of aromatic nitrogens is 4. The Labute approximate surface area is 146 Å². The number of hydrogen-bond donors (Lipinski definition) is 0. The zero-order chi connectivity index (χ0) is 18.7. The number of carbonyl (C=O) groups is 1. The van der Waals surface area contributed by atoms with Gasteiger partial charge in [0, 0.05) is 37.8 Å². The Hall–Kier alpha value is -2.71. The van der Waals surface area contributed by atoms with E-state index in [1.54, 1.807) is 18.9 Å². The van der Waals surface area contributed by atoms with Gasteiger partial charge in [-0.15, -0.1) is 0 Å². The van der Waals surface area contributed by atoms with E-state index in [0.717, 1.165) is 23.5 Å². The maximum absolute atomic E-state index is 12.4. The Bertz CT molecular complexity index is 792. The van der Waals surface area contributed by atoms with Crippen LogP contribution in [0.15, 0.2) is 6.07 Å². The van der Waals surface area contributed by atoms with E-state index in [2.05, 4.69) is 10.2 Å². The molecule has 2 aromatic heterocycles. The lowest BCUT2D eigenvalue weighted by molar-refractivity contribution is -0.389. The molecule has 0 aliphatic rings. The van der Waals surface area contributed by atoms with Crippen LogP contribution in [0.4, 0.5) is 5.82 Å². The molecule has 9 heteroatoms.